The molecule has 0 atom stereocenters. The molecule has 35 heavy (non-hydrogen) atoms. The molecule has 0 heterocycles. The number of esters is 1. The van der Waals surface area contributed by atoms with Gasteiger partial charge in [-0.05, 0) is 75.7 Å². The molecule has 0 bridgehead atoms. The van der Waals surface area contributed by atoms with Gasteiger partial charge < -0.3 is 4.74 Å². The third kappa shape index (κ3) is 7.04. The van der Waals surface area contributed by atoms with Crippen molar-refractivity contribution < 1.29 is 22.7 Å². The van der Waals surface area contributed by atoms with Crippen molar-refractivity contribution in [3.05, 3.63) is 100 Å². The van der Waals surface area contributed by atoms with Crippen LogP contribution >= 0.6 is 11.6 Å². The number of aryl methyl sites for hydroxylation is 1. The highest BCUT2D eigenvalue weighted by molar-refractivity contribution is 7.92. The van der Waals surface area contributed by atoms with Gasteiger partial charge in [-0.15, -0.1) is 0 Å². The van der Waals surface area contributed by atoms with Gasteiger partial charge in [0.2, 0.25) is 5.78 Å². The SMILES string of the molecule is Cc1ccc(S(=O)(=O)Nc2ccccc2C(=O)/C(=C/c2ccc(Cl)cc2)C(=O)OC(C)(C)C)cc1. The van der Waals surface area contributed by atoms with E-state index in [1.54, 1.807) is 69.3 Å². The van der Waals surface area contributed by atoms with Crippen LogP contribution in [0.5, 0.6) is 0 Å². The fourth-order valence-electron chi connectivity index (χ4n) is 3.11. The maximum Gasteiger partial charge on any atom is 0.342 e. The van der Waals surface area contributed by atoms with Gasteiger partial charge in [-0.1, -0.05) is 53.6 Å². The van der Waals surface area contributed by atoms with Gasteiger partial charge in [0.1, 0.15) is 11.2 Å². The minimum atomic E-state index is -3.98. The van der Waals surface area contributed by atoms with Crippen LogP contribution in [0.15, 0.2) is 83.3 Å². The first-order valence-corrected chi connectivity index (χ1v) is 12.7. The van der Waals surface area contributed by atoms with Gasteiger partial charge in [0, 0.05) is 10.6 Å². The normalized spacial score (nSPS) is 12.2. The molecule has 3 rings (SSSR count). The Bertz CT molecular complexity index is 1370. The summed E-state index contributed by atoms with van der Waals surface area (Å²) in [6.07, 6.45) is 1.40. The highest BCUT2D eigenvalue weighted by Gasteiger charge is 2.28. The second-order valence-corrected chi connectivity index (χ2v) is 11.0. The molecule has 6 nitrogen and oxygen atoms in total. The number of ether oxygens (including phenoxy) is 1. The second kappa shape index (κ2) is 10.5. The van der Waals surface area contributed by atoms with E-state index >= 15 is 0 Å². The zero-order valence-corrected chi connectivity index (χ0v) is 21.4. The zero-order chi connectivity index (χ0) is 25.8. The summed E-state index contributed by atoms with van der Waals surface area (Å²) in [5.41, 5.74) is 0.431. The van der Waals surface area contributed by atoms with Crippen molar-refractivity contribution in [1.29, 1.82) is 0 Å². The molecule has 182 valence electrons. The number of para-hydroxylation sites is 1. The van der Waals surface area contributed by atoms with Crippen molar-refractivity contribution in [1.82, 2.24) is 0 Å². The Kier molecular flexibility index (Phi) is 7.83. The number of anilines is 1. The third-order valence-corrected chi connectivity index (χ3v) is 6.43. The summed E-state index contributed by atoms with van der Waals surface area (Å²) in [4.78, 5) is 26.7. The zero-order valence-electron chi connectivity index (χ0n) is 19.8. The van der Waals surface area contributed by atoms with Crippen molar-refractivity contribution in [2.75, 3.05) is 4.72 Å². The molecule has 0 aromatic heterocycles. The minimum Gasteiger partial charge on any atom is -0.456 e. The summed E-state index contributed by atoms with van der Waals surface area (Å²) >= 11 is 5.95. The number of sulfonamides is 1. The van der Waals surface area contributed by atoms with Crippen LogP contribution in [-0.4, -0.2) is 25.8 Å². The van der Waals surface area contributed by atoms with Gasteiger partial charge >= 0.3 is 5.97 Å². The van der Waals surface area contributed by atoms with Crippen molar-refractivity contribution in [2.24, 2.45) is 0 Å². The van der Waals surface area contributed by atoms with Crippen LogP contribution in [0.3, 0.4) is 0 Å². The topological polar surface area (TPSA) is 89.5 Å². The molecule has 0 amide bonds. The van der Waals surface area contributed by atoms with Crippen molar-refractivity contribution >= 4 is 45.1 Å². The lowest BCUT2D eigenvalue weighted by Gasteiger charge is -2.21. The number of carbonyl (C=O) groups excluding carboxylic acids is 2. The van der Waals surface area contributed by atoms with E-state index < -0.39 is 27.4 Å². The molecule has 0 aliphatic heterocycles. The number of ketones is 1. The number of Topliss-reactive ketones (excluding diaryl/α,β-unsaturated/α-hetero) is 1. The van der Waals surface area contributed by atoms with E-state index in [2.05, 4.69) is 4.72 Å². The van der Waals surface area contributed by atoms with E-state index in [-0.39, 0.29) is 21.7 Å². The average molecular weight is 512 g/mol. The molecule has 0 saturated carbocycles. The van der Waals surface area contributed by atoms with Crippen molar-refractivity contribution in [2.45, 2.75) is 38.2 Å². The highest BCUT2D eigenvalue weighted by Crippen LogP contribution is 2.25. The van der Waals surface area contributed by atoms with Gasteiger partial charge in [0.25, 0.3) is 10.0 Å². The van der Waals surface area contributed by atoms with Crippen LogP contribution in [-0.2, 0) is 19.6 Å². The molecular weight excluding hydrogens is 486 g/mol. The van der Waals surface area contributed by atoms with E-state index in [9.17, 15) is 18.0 Å². The van der Waals surface area contributed by atoms with Crippen LogP contribution in [0.1, 0.15) is 42.3 Å². The quantitative estimate of drug-likeness (QED) is 0.137. The number of benzene rings is 3. The smallest absolute Gasteiger partial charge is 0.342 e. The summed E-state index contributed by atoms with van der Waals surface area (Å²) in [7, 11) is -3.98. The third-order valence-electron chi connectivity index (χ3n) is 4.79. The Balaban J connectivity index is 2.04. The maximum absolute atomic E-state index is 13.6. The van der Waals surface area contributed by atoms with E-state index in [1.165, 1.54) is 30.3 Å². The number of rotatable bonds is 7. The van der Waals surface area contributed by atoms with E-state index in [4.69, 9.17) is 16.3 Å². The Morgan fingerprint density at radius 2 is 1.51 bits per heavy atom. The molecule has 0 saturated heterocycles. The number of hydrogen-bond donors (Lipinski definition) is 1. The fourth-order valence-corrected chi connectivity index (χ4v) is 4.32. The average Bonchev–Trinajstić information content (AvgIpc) is 2.77. The van der Waals surface area contributed by atoms with Gasteiger partial charge in [-0.2, -0.15) is 0 Å². The lowest BCUT2D eigenvalue weighted by Crippen LogP contribution is -2.27. The monoisotopic (exact) mass is 511 g/mol. The van der Waals surface area contributed by atoms with Crippen LogP contribution in [0.25, 0.3) is 6.08 Å². The van der Waals surface area contributed by atoms with Crippen LogP contribution in [0, 0.1) is 6.92 Å². The predicted molar refractivity (Wildman–Crippen MR) is 138 cm³/mol. The predicted octanol–water partition coefficient (Wildman–Crippen LogP) is 6.06. The van der Waals surface area contributed by atoms with Crippen LogP contribution in [0.2, 0.25) is 5.02 Å². The van der Waals surface area contributed by atoms with E-state index in [0.717, 1.165) is 5.56 Å². The molecule has 3 aromatic carbocycles. The largest absolute Gasteiger partial charge is 0.456 e. The molecular formula is C27H26ClNO5S. The lowest BCUT2D eigenvalue weighted by molar-refractivity contribution is -0.149. The molecule has 0 spiro atoms. The summed E-state index contributed by atoms with van der Waals surface area (Å²) in [5.74, 6) is -1.51. The maximum atomic E-state index is 13.6. The van der Waals surface area contributed by atoms with Gasteiger partial charge in [0.05, 0.1) is 10.6 Å². The lowest BCUT2D eigenvalue weighted by atomic mass is 9.99. The summed E-state index contributed by atoms with van der Waals surface area (Å²) in [5, 5.41) is 0.503. The fraction of sp³-hybridized carbons (Fsp3) is 0.185. The molecule has 0 aliphatic carbocycles. The van der Waals surface area contributed by atoms with E-state index in [0.29, 0.717) is 10.6 Å². The summed E-state index contributed by atoms with van der Waals surface area (Å²) < 4.78 is 33.9. The highest BCUT2D eigenvalue weighted by atomic mass is 35.5. The van der Waals surface area contributed by atoms with Crippen molar-refractivity contribution in [3.8, 4) is 0 Å². The molecule has 1 N–H and O–H groups in total. The van der Waals surface area contributed by atoms with Crippen molar-refractivity contribution in [3.63, 3.8) is 0 Å². The Labute approximate surface area is 210 Å². The summed E-state index contributed by atoms with van der Waals surface area (Å²) in [6.45, 7) is 6.93. The molecule has 3 aromatic rings. The minimum absolute atomic E-state index is 0.00857. The van der Waals surface area contributed by atoms with Gasteiger partial charge in [-0.3, -0.25) is 9.52 Å². The Morgan fingerprint density at radius 1 is 0.914 bits per heavy atom. The number of carbonyl (C=O) groups is 2. The van der Waals surface area contributed by atoms with Crippen LogP contribution < -0.4 is 4.72 Å². The second-order valence-electron chi connectivity index (χ2n) is 8.90. The number of nitrogens with one attached hydrogen (secondary N) is 1. The van der Waals surface area contributed by atoms with Crippen LogP contribution in [0.4, 0.5) is 5.69 Å². The van der Waals surface area contributed by atoms with Gasteiger partial charge in [-0.25, -0.2) is 13.2 Å². The number of halogens is 1. The molecule has 0 fully saturated rings. The molecule has 0 radical (unpaired) electrons. The number of hydrogen-bond acceptors (Lipinski definition) is 5. The first kappa shape index (κ1) is 26.2. The van der Waals surface area contributed by atoms with E-state index in [1.807, 2.05) is 6.92 Å². The summed E-state index contributed by atoms with van der Waals surface area (Å²) in [6, 6.07) is 19.0. The Morgan fingerprint density at radius 3 is 2.11 bits per heavy atom. The Hall–Kier alpha value is -3.42. The first-order chi connectivity index (χ1) is 16.4. The first-order valence-electron chi connectivity index (χ1n) is 10.8. The molecule has 0 aliphatic rings. The van der Waals surface area contributed by atoms with Gasteiger partial charge in [0.15, 0.2) is 0 Å². The standard InChI is InChI=1S/C27H26ClNO5S/c1-18-9-15-21(16-10-18)35(32,33)29-24-8-6-5-7-22(24)25(30)23(26(31)34-27(2,3)4)17-19-11-13-20(28)14-12-19/h5-17,29H,1-4H3/b23-17-. The molecule has 8 heteroatoms. The molecule has 0 unspecified atom stereocenters.